The zero-order valence-electron chi connectivity index (χ0n) is 19.0. The highest BCUT2D eigenvalue weighted by Gasteiger charge is 2.36. The van der Waals surface area contributed by atoms with Crippen LogP contribution < -0.4 is 5.56 Å². The lowest BCUT2D eigenvalue weighted by Crippen LogP contribution is -2.45. The summed E-state index contributed by atoms with van der Waals surface area (Å²) in [6.07, 6.45) is -2.77. The quantitative estimate of drug-likeness (QED) is 0.308. The number of aryl methyl sites for hydroxylation is 1. The van der Waals surface area contributed by atoms with E-state index in [1.165, 1.54) is 21.6 Å². The van der Waals surface area contributed by atoms with Gasteiger partial charge in [-0.1, -0.05) is 15.9 Å². The monoisotopic (exact) mass is 579 g/mol. The van der Waals surface area contributed by atoms with Crippen LogP contribution >= 0.6 is 27.5 Å². The summed E-state index contributed by atoms with van der Waals surface area (Å²) in [5.74, 6) is -0.589. The van der Waals surface area contributed by atoms with E-state index in [-0.39, 0.29) is 33.8 Å². The van der Waals surface area contributed by atoms with E-state index in [0.29, 0.717) is 22.5 Å². The number of fused-ring (bicyclic) bond motifs is 2. The molecule has 1 aliphatic rings. The number of amides is 1. The van der Waals surface area contributed by atoms with Crippen LogP contribution in [0, 0.1) is 0 Å². The van der Waals surface area contributed by atoms with E-state index in [1.807, 2.05) is 17.7 Å². The number of alkyl halides is 3. The SMILES string of the molecule is C[C@@H]1Cc2c(nc(Cl)n(-c3ccc4c(c3)ncn4C)c2=O)CN1C(=O)c1ccc(Br)c(C(F)(F)F)c1. The molecule has 0 fully saturated rings. The van der Waals surface area contributed by atoms with E-state index in [4.69, 9.17) is 11.6 Å². The predicted octanol–water partition coefficient (Wildman–Crippen LogP) is 5.14. The fraction of sp³-hybridized carbons (Fsp3) is 0.250. The molecule has 7 nitrogen and oxygen atoms in total. The Kier molecular flexibility index (Phi) is 5.95. The fourth-order valence-electron chi connectivity index (χ4n) is 4.43. The van der Waals surface area contributed by atoms with Gasteiger partial charge in [-0.3, -0.25) is 14.2 Å². The molecule has 186 valence electrons. The third-order valence-electron chi connectivity index (χ3n) is 6.32. The van der Waals surface area contributed by atoms with E-state index >= 15 is 0 Å². The van der Waals surface area contributed by atoms with Gasteiger partial charge in [0.05, 0.1) is 40.9 Å². The number of benzene rings is 2. The molecule has 0 N–H and O–H groups in total. The Labute approximate surface area is 216 Å². The minimum atomic E-state index is -4.62. The van der Waals surface area contributed by atoms with Crippen LogP contribution in [-0.4, -0.2) is 36.0 Å². The van der Waals surface area contributed by atoms with Gasteiger partial charge in [0.2, 0.25) is 5.28 Å². The van der Waals surface area contributed by atoms with Gasteiger partial charge in [-0.2, -0.15) is 13.2 Å². The molecule has 0 saturated carbocycles. The molecular weight excluding hydrogens is 563 g/mol. The van der Waals surface area contributed by atoms with Gasteiger partial charge < -0.3 is 9.47 Å². The Balaban J connectivity index is 1.51. The van der Waals surface area contributed by atoms with E-state index in [9.17, 15) is 22.8 Å². The maximum Gasteiger partial charge on any atom is 0.417 e. The van der Waals surface area contributed by atoms with Crippen molar-refractivity contribution in [2.45, 2.75) is 32.1 Å². The second-order valence-corrected chi connectivity index (χ2v) is 9.85. The molecule has 1 amide bonds. The fourth-order valence-corrected chi connectivity index (χ4v) is 5.18. The predicted molar refractivity (Wildman–Crippen MR) is 131 cm³/mol. The molecular formula is C24H18BrClF3N5O2. The van der Waals surface area contributed by atoms with Gasteiger partial charge in [0, 0.05) is 28.7 Å². The van der Waals surface area contributed by atoms with Crippen molar-refractivity contribution < 1.29 is 18.0 Å². The lowest BCUT2D eigenvalue weighted by Gasteiger charge is -2.34. The van der Waals surface area contributed by atoms with Crippen LogP contribution in [0.5, 0.6) is 0 Å². The molecule has 36 heavy (non-hydrogen) atoms. The van der Waals surface area contributed by atoms with Gasteiger partial charge in [-0.15, -0.1) is 0 Å². The van der Waals surface area contributed by atoms with Crippen LogP contribution in [0.4, 0.5) is 13.2 Å². The van der Waals surface area contributed by atoms with Crippen LogP contribution in [0.2, 0.25) is 5.28 Å². The third-order valence-corrected chi connectivity index (χ3v) is 7.26. The Morgan fingerprint density at radius 1 is 1.19 bits per heavy atom. The maximum atomic E-state index is 13.4. The second kappa shape index (κ2) is 8.74. The molecule has 5 rings (SSSR count). The van der Waals surface area contributed by atoms with E-state index in [2.05, 4.69) is 25.9 Å². The van der Waals surface area contributed by atoms with Crippen molar-refractivity contribution in [1.29, 1.82) is 0 Å². The molecule has 3 heterocycles. The number of imidazole rings is 1. The summed E-state index contributed by atoms with van der Waals surface area (Å²) in [5.41, 5.74) is 1.40. The van der Waals surface area contributed by atoms with Crippen molar-refractivity contribution in [3.63, 3.8) is 0 Å². The number of hydrogen-bond donors (Lipinski definition) is 0. The number of carbonyl (C=O) groups excluding carboxylic acids is 1. The van der Waals surface area contributed by atoms with Gasteiger partial charge in [0.15, 0.2) is 0 Å². The molecule has 12 heteroatoms. The van der Waals surface area contributed by atoms with Crippen molar-refractivity contribution in [1.82, 2.24) is 24.0 Å². The van der Waals surface area contributed by atoms with Crippen LogP contribution in [0.25, 0.3) is 16.7 Å². The second-order valence-electron chi connectivity index (χ2n) is 8.65. The topological polar surface area (TPSA) is 73.0 Å². The minimum absolute atomic E-state index is 0.0537. The number of aromatic nitrogens is 4. The van der Waals surface area contributed by atoms with Crippen molar-refractivity contribution in [2.24, 2.45) is 7.05 Å². The lowest BCUT2D eigenvalue weighted by molar-refractivity contribution is -0.138. The first-order valence-electron chi connectivity index (χ1n) is 10.8. The molecule has 0 aliphatic carbocycles. The van der Waals surface area contributed by atoms with Crippen LogP contribution in [0.3, 0.4) is 0 Å². The van der Waals surface area contributed by atoms with Gasteiger partial charge in [-0.25, -0.2) is 9.97 Å². The molecule has 0 unspecified atom stereocenters. The highest BCUT2D eigenvalue weighted by atomic mass is 79.9. The summed E-state index contributed by atoms with van der Waals surface area (Å²) >= 11 is 9.31. The average Bonchev–Trinajstić information content (AvgIpc) is 3.18. The lowest BCUT2D eigenvalue weighted by atomic mass is 9.98. The zero-order chi connectivity index (χ0) is 25.9. The van der Waals surface area contributed by atoms with Crippen molar-refractivity contribution >= 4 is 44.5 Å². The van der Waals surface area contributed by atoms with Crippen LogP contribution in [0.1, 0.15) is 34.1 Å². The van der Waals surface area contributed by atoms with Crippen LogP contribution in [-0.2, 0) is 26.2 Å². The number of hydrogen-bond acceptors (Lipinski definition) is 4. The molecule has 1 atom stereocenters. The summed E-state index contributed by atoms with van der Waals surface area (Å²) in [6, 6.07) is 8.22. The standard InChI is InChI=1S/C24H18BrClF3N5O2/c1-12-7-15-19(10-33(12)21(35)13-3-5-17(25)16(8-13)24(27,28)29)31-23(26)34(22(15)36)14-4-6-20-18(9-14)30-11-32(20)2/h3-6,8-9,11-12H,7,10H2,1-2H3/t12-/m1/s1. The van der Waals surface area contributed by atoms with Crippen molar-refractivity contribution in [2.75, 3.05) is 0 Å². The molecule has 4 aromatic rings. The first kappa shape index (κ1) is 24.5. The maximum absolute atomic E-state index is 13.4. The van der Waals surface area contributed by atoms with Gasteiger partial charge in [-0.05, 0) is 61.3 Å². The molecule has 0 bridgehead atoms. The summed E-state index contributed by atoms with van der Waals surface area (Å²) < 4.78 is 43.0. The zero-order valence-corrected chi connectivity index (χ0v) is 21.3. The molecule has 0 spiro atoms. The Bertz CT molecular complexity index is 1600. The summed E-state index contributed by atoms with van der Waals surface area (Å²) in [6.45, 7) is 1.69. The molecule has 0 radical (unpaired) electrons. The van der Waals surface area contributed by atoms with Gasteiger partial charge in [0.1, 0.15) is 0 Å². The van der Waals surface area contributed by atoms with Crippen molar-refractivity contribution in [3.8, 4) is 5.69 Å². The number of nitrogens with zero attached hydrogens (tertiary/aromatic N) is 5. The molecule has 0 saturated heterocycles. The molecule has 1 aliphatic heterocycles. The largest absolute Gasteiger partial charge is 0.417 e. The van der Waals surface area contributed by atoms with E-state index in [0.717, 1.165) is 11.6 Å². The van der Waals surface area contributed by atoms with E-state index in [1.54, 1.807) is 25.4 Å². The van der Waals surface area contributed by atoms with E-state index < -0.39 is 23.7 Å². The highest BCUT2D eigenvalue weighted by Crippen LogP contribution is 2.36. The normalized spacial score (nSPS) is 15.9. The number of rotatable bonds is 2. The minimum Gasteiger partial charge on any atom is -0.334 e. The first-order valence-corrected chi connectivity index (χ1v) is 12.0. The smallest absolute Gasteiger partial charge is 0.334 e. The van der Waals surface area contributed by atoms with Gasteiger partial charge >= 0.3 is 6.18 Å². The third kappa shape index (κ3) is 4.09. The first-order chi connectivity index (χ1) is 17.0. The summed E-state index contributed by atoms with van der Waals surface area (Å²) in [7, 11) is 1.86. The molecule has 2 aromatic carbocycles. The molecule has 2 aromatic heterocycles. The average molecular weight is 581 g/mol. The Morgan fingerprint density at radius 2 is 1.94 bits per heavy atom. The van der Waals surface area contributed by atoms with Crippen LogP contribution in [0.15, 0.2) is 52.0 Å². The number of halogens is 5. The summed E-state index contributed by atoms with van der Waals surface area (Å²) in [5, 5.41) is -0.0843. The number of carbonyl (C=O) groups is 1. The summed E-state index contributed by atoms with van der Waals surface area (Å²) in [4.78, 5) is 36.7. The highest BCUT2D eigenvalue weighted by molar-refractivity contribution is 9.10. The Morgan fingerprint density at radius 3 is 2.67 bits per heavy atom. The van der Waals surface area contributed by atoms with Gasteiger partial charge in [0.25, 0.3) is 11.5 Å². The Hall–Kier alpha value is -3.18. The van der Waals surface area contributed by atoms with Crippen molar-refractivity contribution in [3.05, 3.63) is 85.2 Å².